The topological polar surface area (TPSA) is 79.3 Å². The van der Waals surface area contributed by atoms with Crippen molar-refractivity contribution < 1.29 is 13.5 Å². The highest BCUT2D eigenvalue weighted by Crippen LogP contribution is 2.38. The van der Waals surface area contributed by atoms with Gasteiger partial charge in [0.2, 0.25) is 10.0 Å². The fourth-order valence-electron chi connectivity index (χ4n) is 3.18. The summed E-state index contributed by atoms with van der Waals surface area (Å²) in [6.07, 6.45) is 4.14. The van der Waals surface area contributed by atoms with Gasteiger partial charge in [0, 0.05) is 29.6 Å². The molecule has 1 heterocycles. The van der Waals surface area contributed by atoms with Gasteiger partial charge in [0.1, 0.15) is 0 Å². The summed E-state index contributed by atoms with van der Waals surface area (Å²) < 4.78 is 28.4. The molecule has 2 unspecified atom stereocenters. The molecule has 118 valence electrons. The standard InChI is InChI=1S/C16H20N2O3S/c1-16(11-19)9-3-8-15(16)18-22(20,21)14-7-2-6-13-12(14)5-4-10-17-13/h2,4-7,10,15,18-19H,3,8-9,11H2,1H3. The second kappa shape index (κ2) is 5.61. The molecule has 1 saturated carbocycles. The van der Waals surface area contributed by atoms with E-state index in [9.17, 15) is 13.5 Å². The Labute approximate surface area is 130 Å². The monoisotopic (exact) mass is 320 g/mol. The van der Waals surface area contributed by atoms with Crippen LogP contribution in [0, 0.1) is 5.41 Å². The summed E-state index contributed by atoms with van der Waals surface area (Å²) in [6, 6.07) is 8.34. The van der Waals surface area contributed by atoms with Crippen LogP contribution in [0.4, 0.5) is 0 Å². The molecular formula is C16H20N2O3S. The summed E-state index contributed by atoms with van der Waals surface area (Å²) in [6.45, 7) is 1.91. The smallest absolute Gasteiger partial charge is 0.241 e. The Morgan fingerprint density at radius 2 is 2.18 bits per heavy atom. The SMILES string of the molecule is CC1(CO)CCCC1NS(=O)(=O)c1cccc2ncccc12. The van der Waals surface area contributed by atoms with E-state index >= 15 is 0 Å². The Morgan fingerprint density at radius 1 is 1.36 bits per heavy atom. The minimum absolute atomic E-state index is 0.0166. The van der Waals surface area contributed by atoms with Gasteiger partial charge in [0.25, 0.3) is 0 Å². The summed E-state index contributed by atoms with van der Waals surface area (Å²) in [5.74, 6) is 0. The molecule has 0 radical (unpaired) electrons. The Bertz CT molecular complexity index is 786. The predicted molar refractivity (Wildman–Crippen MR) is 84.9 cm³/mol. The van der Waals surface area contributed by atoms with Crippen molar-refractivity contribution >= 4 is 20.9 Å². The molecule has 3 rings (SSSR count). The highest BCUT2D eigenvalue weighted by atomic mass is 32.2. The number of hydrogen-bond donors (Lipinski definition) is 2. The molecule has 2 aromatic rings. The van der Waals surface area contributed by atoms with Crippen LogP contribution in [0.1, 0.15) is 26.2 Å². The van der Waals surface area contributed by atoms with Crippen molar-refractivity contribution in [2.75, 3.05) is 6.61 Å². The van der Waals surface area contributed by atoms with E-state index in [1.54, 1.807) is 36.5 Å². The first kappa shape index (κ1) is 15.4. The molecule has 0 spiro atoms. The average molecular weight is 320 g/mol. The van der Waals surface area contributed by atoms with Gasteiger partial charge < -0.3 is 5.11 Å². The van der Waals surface area contributed by atoms with Gasteiger partial charge in [-0.25, -0.2) is 13.1 Å². The third-order valence-corrected chi connectivity index (χ3v) is 6.17. The van der Waals surface area contributed by atoms with E-state index in [-0.39, 0.29) is 17.5 Å². The molecule has 22 heavy (non-hydrogen) atoms. The minimum atomic E-state index is -3.65. The summed E-state index contributed by atoms with van der Waals surface area (Å²) in [5, 5.41) is 10.2. The van der Waals surface area contributed by atoms with Crippen LogP contribution in [0.5, 0.6) is 0 Å². The van der Waals surface area contributed by atoms with Crippen molar-refractivity contribution in [1.29, 1.82) is 0 Å². The van der Waals surface area contributed by atoms with Crippen LogP contribution in [0.3, 0.4) is 0 Å². The molecule has 0 amide bonds. The largest absolute Gasteiger partial charge is 0.396 e. The van der Waals surface area contributed by atoms with Gasteiger partial charge >= 0.3 is 0 Å². The number of benzene rings is 1. The zero-order chi connectivity index (χ0) is 15.8. The van der Waals surface area contributed by atoms with Crippen molar-refractivity contribution in [2.24, 2.45) is 5.41 Å². The zero-order valence-corrected chi connectivity index (χ0v) is 13.3. The molecule has 2 N–H and O–H groups in total. The van der Waals surface area contributed by atoms with E-state index in [1.165, 1.54) is 0 Å². The predicted octanol–water partition coefficient (Wildman–Crippen LogP) is 2.06. The first-order valence-electron chi connectivity index (χ1n) is 7.43. The van der Waals surface area contributed by atoms with Crippen molar-refractivity contribution in [1.82, 2.24) is 9.71 Å². The molecule has 2 atom stereocenters. The van der Waals surface area contributed by atoms with E-state index < -0.39 is 15.4 Å². The third kappa shape index (κ3) is 2.62. The molecule has 0 aliphatic heterocycles. The maximum Gasteiger partial charge on any atom is 0.241 e. The maximum atomic E-state index is 12.8. The van der Waals surface area contributed by atoms with Crippen LogP contribution >= 0.6 is 0 Å². The Morgan fingerprint density at radius 3 is 2.95 bits per heavy atom. The van der Waals surface area contributed by atoms with E-state index in [1.807, 2.05) is 6.92 Å². The first-order chi connectivity index (χ1) is 10.5. The van der Waals surface area contributed by atoms with Gasteiger partial charge in [-0.1, -0.05) is 19.4 Å². The molecule has 0 bridgehead atoms. The molecular weight excluding hydrogens is 300 g/mol. The van der Waals surface area contributed by atoms with Crippen LogP contribution in [0.2, 0.25) is 0 Å². The fourth-order valence-corrected chi connectivity index (χ4v) is 4.81. The summed E-state index contributed by atoms with van der Waals surface area (Å²) in [7, 11) is -3.65. The number of aromatic nitrogens is 1. The quantitative estimate of drug-likeness (QED) is 0.904. The van der Waals surface area contributed by atoms with E-state index in [2.05, 4.69) is 9.71 Å². The molecule has 1 aliphatic rings. The molecule has 1 aromatic carbocycles. The molecule has 0 saturated heterocycles. The maximum absolute atomic E-state index is 12.8. The van der Waals surface area contributed by atoms with Crippen LogP contribution in [0.15, 0.2) is 41.4 Å². The summed E-state index contributed by atoms with van der Waals surface area (Å²) in [4.78, 5) is 4.44. The highest BCUT2D eigenvalue weighted by molar-refractivity contribution is 7.89. The number of fused-ring (bicyclic) bond motifs is 1. The lowest BCUT2D eigenvalue weighted by Crippen LogP contribution is -2.44. The van der Waals surface area contributed by atoms with Crippen molar-refractivity contribution in [3.05, 3.63) is 36.5 Å². The van der Waals surface area contributed by atoms with Crippen LogP contribution < -0.4 is 4.72 Å². The lowest BCUT2D eigenvalue weighted by molar-refractivity contribution is 0.127. The van der Waals surface area contributed by atoms with Gasteiger partial charge in [-0.3, -0.25) is 4.98 Å². The Kier molecular flexibility index (Phi) is 3.92. The number of nitrogens with one attached hydrogen (secondary N) is 1. The van der Waals surface area contributed by atoms with Gasteiger partial charge in [-0.05, 0) is 37.1 Å². The average Bonchev–Trinajstić information content (AvgIpc) is 2.87. The Hall–Kier alpha value is -1.50. The van der Waals surface area contributed by atoms with Crippen LogP contribution in [0.25, 0.3) is 10.9 Å². The van der Waals surface area contributed by atoms with Gasteiger partial charge in [-0.2, -0.15) is 0 Å². The third-order valence-electron chi connectivity index (χ3n) is 4.64. The number of sulfonamides is 1. The van der Waals surface area contributed by atoms with E-state index in [4.69, 9.17) is 0 Å². The highest BCUT2D eigenvalue weighted by Gasteiger charge is 2.40. The summed E-state index contributed by atoms with van der Waals surface area (Å²) in [5.41, 5.74) is 0.261. The number of rotatable bonds is 4. The number of aliphatic hydroxyl groups is 1. The zero-order valence-electron chi connectivity index (χ0n) is 12.5. The lowest BCUT2D eigenvalue weighted by atomic mass is 9.86. The number of aliphatic hydroxyl groups excluding tert-OH is 1. The van der Waals surface area contributed by atoms with Crippen molar-refractivity contribution in [3.63, 3.8) is 0 Å². The number of nitrogens with zero attached hydrogens (tertiary/aromatic N) is 1. The fraction of sp³-hybridized carbons (Fsp3) is 0.438. The van der Waals surface area contributed by atoms with E-state index in [0.29, 0.717) is 10.9 Å². The molecule has 6 heteroatoms. The van der Waals surface area contributed by atoms with Crippen LogP contribution in [-0.2, 0) is 10.0 Å². The molecule has 1 aromatic heterocycles. The molecule has 5 nitrogen and oxygen atoms in total. The van der Waals surface area contributed by atoms with Gasteiger partial charge in [0.15, 0.2) is 0 Å². The van der Waals surface area contributed by atoms with E-state index in [0.717, 1.165) is 19.3 Å². The Balaban J connectivity index is 1.99. The normalized spacial score (nSPS) is 25.6. The van der Waals surface area contributed by atoms with Crippen molar-refractivity contribution in [2.45, 2.75) is 37.1 Å². The van der Waals surface area contributed by atoms with Crippen molar-refractivity contribution in [3.8, 4) is 0 Å². The minimum Gasteiger partial charge on any atom is -0.396 e. The lowest BCUT2D eigenvalue weighted by Gasteiger charge is -2.30. The molecule has 1 aliphatic carbocycles. The second-order valence-electron chi connectivity index (χ2n) is 6.20. The summed E-state index contributed by atoms with van der Waals surface area (Å²) >= 11 is 0. The number of pyridine rings is 1. The van der Waals surface area contributed by atoms with Crippen LogP contribution in [-0.4, -0.2) is 31.2 Å². The first-order valence-corrected chi connectivity index (χ1v) is 8.91. The van der Waals surface area contributed by atoms with Gasteiger partial charge in [0.05, 0.1) is 10.4 Å². The number of hydrogen-bond acceptors (Lipinski definition) is 4. The second-order valence-corrected chi connectivity index (χ2v) is 7.89. The molecule has 1 fully saturated rings. The van der Waals surface area contributed by atoms with Gasteiger partial charge in [-0.15, -0.1) is 0 Å².